The molecule has 1 heterocycles. The average molecular weight is 429 g/mol. The van der Waals surface area contributed by atoms with Gasteiger partial charge in [0.2, 0.25) is 0 Å². The molecule has 1 aliphatic heterocycles. The van der Waals surface area contributed by atoms with E-state index in [-0.39, 0.29) is 17.1 Å². The number of rotatable bonds is 5. The number of nitrogens with one attached hydrogen (secondary N) is 2. The molecule has 0 unspecified atom stereocenters. The van der Waals surface area contributed by atoms with Crippen LogP contribution in [0.2, 0.25) is 0 Å². The van der Waals surface area contributed by atoms with Crippen LogP contribution in [-0.2, 0) is 20.2 Å². The highest BCUT2D eigenvalue weighted by Gasteiger charge is 2.26. The van der Waals surface area contributed by atoms with Crippen LogP contribution < -0.4 is 16.1 Å². The summed E-state index contributed by atoms with van der Waals surface area (Å²) in [5.41, 5.74) is 5.20. The second-order valence-electron chi connectivity index (χ2n) is 5.39. The van der Waals surface area contributed by atoms with E-state index >= 15 is 0 Å². The van der Waals surface area contributed by atoms with Crippen molar-refractivity contribution < 1.29 is 30.9 Å². The minimum Gasteiger partial charge on any atom is -0.282 e. The topological polar surface area (TPSA) is 192 Å². The highest BCUT2D eigenvalue weighted by atomic mass is 32.2. The quantitative estimate of drug-likeness (QED) is 0.290. The van der Waals surface area contributed by atoms with Crippen molar-refractivity contribution >= 4 is 37.4 Å². The predicted molar refractivity (Wildman–Crippen MR) is 94.5 cm³/mol. The maximum atomic E-state index is 11.6. The van der Waals surface area contributed by atoms with Crippen molar-refractivity contribution in [2.24, 2.45) is 5.10 Å². The lowest BCUT2D eigenvalue weighted by molar-refractivity contribution is -0.384. The molecule has 0 bridgehead atoms. The molecule has 2 aromatic carbocycles. The van der Waals surface area contributed by atoms with Crippen LogP contribution in [0.4, 0.5) is 11.4 Å². The molecule has 0 aromatic heterocycles. The number of hydrogen-bond acceptors (Lipinski definition) is 10. The Kier molecular flexibility index (Phi) is 4.67. The van der Waals surface area contributed by atoms with E-state index in [1.165, 1.54) is 29.4 Å². The Hall–Kier alpha value is -3.27. The fourth-order valence-corrected chi connectivity index (χ4v) is 3.59. The Balaban J connectivity index is 1.94. The van der Waals surface area contributed by atoms with Gasteiger partial charge < -0.3 is 0 Å². The molecule has 0 amide bonds. The van der Waals surface area contributed by atoms with Gasteiger partial charge in [0.15, 0.2) is 5.84 Å². The summed E-state index contributed by atoms with van der Waals surface area (Å²) in [4.78, 5) is 8.58. The van der Waals surface area contributed by atoms with E-state index < -0.39 is 35.0 Å². The van der Waals surface area contributed by atoms with Crippen LogP contribution in [0.25, 0.3) is 0 Å². The summed E-state index contributed by atoms with van der Waals surface area (Å²) in [5, 5.41) is 15.7. The smallest absolute Gasteiger partial charge is 0.282 e. The number of anilines is 1. The molecule has 13 nitrogen and oxygen atoms in total. The molecular formula is C13H11N5O8S2. The SMILES string of the molecule is O=[N+]([O-])c1ccc(N2NN=C(c3ccc(S(=O)(=O)O)cc3S(=O)(=O)O)N2)cc1. The van der Waals surface area contributed by atoms with E-state index in [0.717, 1.165) is 12.1 Å². The molecule has 1 aliphatic rings. The highest BCUT2D eigenvalue weighted by molar-refractivity contribution is 7.86. The molecule has 0 radical (unpaired) electrons. The van der Waals surface area contributed by atoms with Crippen molar-refractivity contribution in [1.82, 2.24) is 11.0 Å². The molecule has 3 rings (SSSR count). The monoisotopic (exact) mass is 429 g/mol. The minimum atomic E-state index is -4.87. The molecule has 0 atom stereocenters. The van der Waals surface area contributed by atoms with Crippen LogP contribution in [0.15, 0.2) is 57.4 Å². The third-order valence-corrected chi connectivity index (χ3v) is 5.33. The van der Waals surface area contributed by atoms with Crippen molar-refractivity contribution in [2.45, 2.75) is 9.79 Å². The second kappa shape index (κ2) is 6.71. The molecular weight excluding hydrogens is 418 g/mol. The lowest BCUT2D eigenvalue weighted by Crippen LogP contribution is -2.42. The maximum absolute atomic E-state index is 11.6. The zero-order chi connectivity index (χ0) is 20.7. The van der Waals surface area contributed by atoms with Crippen LogP contribution >= 0.6 is 0 Å². The summed E-state index contributed by atoms with van der Waals surface area (Å²) in [6.45, 7) is 0. The van der Waals surface area contributed by atoms with Crippen molar-refractivity contribution in [2.75, 3.05) is 5.12 Å². The van der Waals surface area contributed by atoms with Crippen molar-refractivity contribution in [1.29, 1.82) is 0 Å². The van der Waals surface area contributed by atoms with Crippen LogP contribution in [-0.4, -0.2) is 36.7 Å². The Morgan fingerprint density at radius 2 is 1.64 bits per heavy atom. The Bertz CT molecular complexity index is 1190. The molecule has 148 valence electrons. The van der Waals surface area contributed by atoms with Gasteiger partial charge in [-0.2, -0.15) is 27.5 Å². The van der Waals surface area contributed by atoms with Gasteiger partial charge in [-0.3, -0.25) is 24.6 Å². The Morgan fingerprint density at radius 1 is 1.00 bits per heavy atom. The van der Waals surface area contributed by atoms with Crippen LogP contribution in [0.1, 0.15) is 5.56 Å². The van der Waals surface area contributed by atoms with Crippen LogP contribution in [0.3, 0.4) is 0 Å². The first-order valence-electron chi connectivity index (χ1n) is 7.21. The van der Waals surface area contributed by atoms with E-state index in [1.54, 1.807) is 0 Å². The van der Waals surface area contributed by atoms with Gasteiger partial charge in [-0.1, -0.05) is 0 Å². The number of hydrazone groups is 1. The van der Waals surface area contributed by atoms with E-state index in [2.05, 4.69) is 16.1 Å². The summed E-state index contributed by atoms with van der Waals surface area (Å²) in [7, 11) is -9.58. The van der Waals surface area contributed by atoms with Crippen molar-refractivity contribution in [3.05, 3.63) is 58.1 Å². The van der Waals surface area contributed by atoms with Gasteiger partial charge in [-0.05, 0) is 30.3 Å². The number of benzene rings is 2. The molecule has 2 aromatic rings. The van der Waals surface area contributed by atoms with E-state index in [9.17, 15) is 31.5 Å². The van der Waals surface area contributed by atoms with Gasteiger partial charge in [0.1, 0.15) is 4.90 Å². The summed E-state index contributed by atoms with van der Waals surface area (Å²) >= 11 is 0. The zero-order valence-electron chi connectivity index (χ0n) is 13.5. The van der Waals surface area contributed by atoms with Gasteiger partial charge in [0.05, 0.1) is 15.5 Å². The van der Waals surface area contributed by atoms with Gasteiger partial charge in [0.25, 0.3) is 25.9 Å². The predicted octanol–water partition coefficient (Wildman–Crippen LogP) is 0.279. The molecule has 0 saturated heterocycles. The van der Waals surface area contributed by atoms with E-state index in [4.69, 9.17) is 4.55 Å². The Morgan fingerprint density at radius 3 is 2.18 bits per heavy atom. The third kappa shape index (κ3) is 3.86. The number of non-ortho nitro benzene ring substituents is 1. The molecule has 0 fully saturated rings. The number of hydrogen-bond donors (Lipinski definition) is 4. The van der Waals surface area contributed by atoms with Crippen molar-refractivity contribution in [3.63, 3.8) is 0 Å². The second-order valence-corrected chi connectivity index (χ2v) is 8.20. The van der Waals surface area contributed by atoms with Crippen molar-refractivity contribution in [3.8, 4) is 0 Å². The average Bonchev–Trinajstić information content (AvgIpc) is 3.09. The largest absolute Gasteiger partial charge is 0.295 e. The standard InChI is InChI=1S/C13H11N5O8S2/c19-18(20)9-3-1-8(2-4-9)17-15-13(14-16-17)11-6-5-10(27(21,22)23)7-12(11)28(24,25)26/h1-7,16H,(H,14,15)(H,21,22,23)(H,24,25,26). The summed E-state index contributed by atoms with van der Waals surface area (Å²) in [6.07, 6.45) is 0. The molecule has 15 heteroatoms. The van der Waals surface area contributed by atoms with Gasteiger partial charge in [-0.25, -0.2) is 0 Å². The van der Waals surface area contributed by atoms with Gasteiger partial charge >= 0.3 is 0 Å². The van der Waals surface area contributed by atoms with E-state index in [0.29, 0.717) is 11.8 Å². The Labute approximate surface area is 157 Å². The highest BCUT2D eigenvalue weighted by Crippen LogP contribution is 2.23. The first-order valence-corrected chi connectivity index (χ1v) is 10.1. The summed E-state index contributed by atoms with van der Waals surface area (Å²) in [6, 6.07) is 7.79. The molecule has 0 spiro atoms. The number of nitrogens with zero attached hydrogens (tertiary/aromatic N) is 3. The first-order chi connectivity index (χ1) is 13.0. The molecule has 28 heavy (non-hydrogen) atoms. The molecule has 0 saturated carbocycles. The van der Waals surface area contributed by atoms with E-state index in [1.807, 2.05) is 0 Å². The number of hydrazine groups is 2. The lowest BCUT2D eigenvalue weighted by Gasteiger charge is -2.18. The normalized spacial score (nSPS) is 14.2. The summed E-state index contributed by atoms with van der Waals surface area (Å²) in [5.74, 6) is -0.104. The number of nitro benzene ring substituents is 1. The third-order valence-electron chi connectivity index (χ3n) is 3.58. The molecule has 0 aliphatic carbocycles. The summed E-state index contributed by atoms with van der Waals surface area (Å²) < 4.78 is 64.2. The molecule has 4 N–H and O–H groups in total. The van der Waals surface area contributed by atoms with Crippen LogP contribution in [0.5, 0.6) is 0 Å². The van der Waals surface area contributed by atoms with Crippen LogP contribution in [0, 0.1) is 10.1 Å². The fourth-order valence-electron chi connectivity index (χ4n) is 2.29. The minimum absolute atomic E-state index is 0.104. The van der Waals surface area contributed by atoms with Gasteiger partial charge in [-0.15, -0.1) is 5.10 Å². The fraction of sp³-hybridized carbons (Fsp3) is 0. The number of amidine groups is 1. The first kappa shape index (κ1) is 19.5. The number of nitro groups is 1. The lowest BCUT2D eigenvalue weighted by atomic mass is 10.2. The maximum Gasteiger partial charge on any atom is 0.295 e. The van der Waals surface area contributed by atoms with Gasteiger partial charge in [0, 0.05) is 17.7 Å². The zero-order valence-corrected chi connectivity index (χ0v) is 15.2.